The van der Waals surface area contributed by atoms with Gasteiger partial charge in [-0.25, -0.2) is 6.57 Å². The fraction of sp³-hybridized carbons (Fsp3) is 0.273. The number of hydrogen-bond donors (Lipinski definition) is 1. The van der Waals surface area contributed by atoms with E-state index in [0.717, 1.165) is 5.56 Å². The average Bonchev–Trinajstić information content (AvgIpc) is 2.19. The maximum absolute atomic E-state index is 11.4. The molecule has 0 aliphatic carbocycles. The number of carbonyl (C=O) groups excluding carboxylic acids is 1. The van der Waals surface area contributed by atoms with Gasteiger partial charge in [0.2, 0.25) is 6.54 Å². The van der Waals surface area contributed by atoms with Crippen molar-refractivity contribution >= 4 is 5.91 Å². The predicted octanol–water partition coefficient (Wildman–Crippen LogP) is 1.86. The second-order valence-corrected chi connectivity index (χ2v) is 2.88. The molecule has 1 rings (SSSR count). The van der Waals surface area contributed by atoms with Crippen LogP contribution in [-0.4, -0.2) is 12.5 Å². The van der Waals surface area contributed by atoms with Gasteiger partial charge in [-0.3, -0.25) is 4.79 Å². The molecule has 0 heterocycles. The Labute approximate surface area is 83.6 Å². The van der Waals surface area contributed by atoms with Gasteiger partial charge in [0.15, 0.2) is 0 Å². The van der Waals surface area contributed by atoms with Crippen molar-refractivity contribution in [2.75, 3.05) is 6.54 Å². The van der Waals surface area contributed by atoms with E-state index in [4.69, 9.17) is 6.57 Å². The third-order valence-electron chi connectivity index (χ3n) is 1.79. The van der Waals surface area contributed by atoms with Crippen molar-refractivity contribution in [1.29, 1.82) is 0 Å². The summed E-state index contributed by atoms with van der Waals surface area (Å²) >= 11 is 0. The average molecular weight is 188 g/mol. The molecular formula is C11H12N2O. The quantitative estimate of drug-likeness (QED) is 0.721. The molecule has 0 aliphatic rings. The summed E-state index contributed by atoms with van der Waals surface area (Å²) in [6, 6.07) is 7.15. The molecule has 0 saturated carbocycles. The minimum absolute atomic E-state index is 0.0840. The SMILES string of the molecule is [C-]#[N+]Cc1cccc(C(=O)NCC)c1. The lowest BCUT2D eigenvalue weighted by molar-refractivity contribution is 0.0955. The molecular weight excluding hydrogens is 176 g/mol. The summed E-state index contributed by atoms with van der Waals surface area (Å²) in [5.74, 6) is -0.0840. The van der Waals surface area contributed by atoms with E-state index in [1.807, 2.05) is 13.0 Å². The van der Waals surface area contributed by atoms with Crippen molar-refractivity contribution in [3.8, 4) is 0 Å². The first-order valence-electron chi connectivity index (χ1n) is 4.48. The first-order valence-corrected chi connectivity index (χ1v) is 4.48. The van der Waals surface area contributed by atoms with E-state index in [9.17, 15) is 4.79 Å². The number of nitrogens with zero attached hydrogens (tertiary/aromatic N) is 1. The number of rotatable bonds is 3. The van der Waals surface area contributed by atoms with Crippen LogP contribution >= 0.6 is 0 Å². The normalized spacial score (nSPS) is 9.14. The molecule has 1 amide bonds. The zero-order chi connectivity index (χ0) is 10.4. The zero-order valence-electron chi connectivity index (χ0n) is 8.08. The fourth-order valence-corrected chi connectivity index (χ4v) is 1.16. The van der Waals surface area contributed by atoms with Crippen LogP contribution in [0.3, 0.4) is 0 Å². The molecule has 14 heavy (non-hydrogen) atoms. The molecule has 0 aromatic heterocycles. The molecule has 0 aliphatic heterocycles. The Morgan fingerprint density at radius 3 is 3.00 bits per heavy atom. The van der Waals surface area contributed by atoms with Crippen LogP contribution in [0.5, 0.6) is 0 Å². The second-order valence-electron chi connectivity index (χ2n) is 2.88. The summed E-state index contributed by atoms with van der Waals surface area (Å²) in [6.07, 6.45) is 0. The van der Waals surface area contributed by atoms with Crippen LogP contribution in [-0.2, 0) is 6.54 Å². The van der Waals surface area contributed by atoms with E-state index in [-0.39, 0.29) is 5.91 Å². The Morgan fingerprint density at radius 2 is 2.36 bits per heavy atom. The van der Waals surface area contributed by atoms with E-state index in [0.29, 0.717) is 18.7 Å². The minimum atomic E-state index is -0.0840. The van der Waals surface area contributed by atoms with E-state index < -0.39 is 0 Å². The first-order chi connectivity index (χ1) is 6.77. The van der Waals surface area contributed by atoms with Gasteiger partial charge in [-0.1, -0.05) is 12.1 Å². The van der Waals surface area contributed by atoms with Gasteiger partial charge in [0.25, 0.3) is 5.91 Å². The summed E-state index contributed by atoms with van der Waals surface area (Å²) < 4.78 is 0. The Morgan fingerprint density at radius 1 is 1.57 bits per heavy atom. The van der Waals surface area contributed by atoms with Gasteiger partial charge in [0, 0.05) is 17.7 Å². The standard InChI is InChI=1S/C11H12N2O/c1-3-13-11(14)10-6-4-5-9(7-10)8-12-2/h4-7H,3,8H2,1H3,(H,13,14). The topological polar surface area (TPSA) is 33.5 Å². The molecule has 0 bridgehead atoms. The maximum Gasteiger partial charge on any atom is 0.251 e. The van der Waals surface area contributed by atoms with E-state index in [1.54, 1.807) is 18.2 Å². The van der Waals surface area contributed by atoms with Crippen molar-refractivity contribution < 1.29 is 4.79 Å². The first kappa shape index (κ1) is 10.3. The summed E-state index contributed by atoms with van der Waals surface area (Å²) in [5.41, 5.74) is 1.50. The van der Waals surface area contributed by atoms with Gasteiger partial charge in [-0.05, 0) is 19.1 Å². The molecule has 1 aromatic carbocycles. The smallest absolute Gasteiger partial charge is 0.251 e. The Kier molecular flexibility index (Phi) is 3.69. The molecule has 0 unspecified atom stereocenters. The number of nitrogens with one attached hydrogen (secondary N) is 1. The van der Waals surface area contributed by atoms with Gasteiger partial charge >= 0.3 is 0 Å². The molecule has 3 nitrogen and oxygen atoms in total. The third kappa shape index (κ3) is 2.60. The Bertz CT molecular complexity index is 366. The molecule has 0 radical (unpaired) electrons. The van der Waals surface area contributed by atoms with Gasteiger partial charge in [0.1, 0.15) is 0 Å². The van der Waals surface area contributed by atoms with E-state index in [2.05, 4.69) is 10.2 Å². The zero-order valence-corrected chi connectivity index (χ0v) is 8.08. The monoisotopic (exact) mass is 188 g/mol. The minimum Gasteiger partial charge on any atom is -0.352 e. The van der Waals surface area contributed by atoms with Crippen LogP contribution in [0.4, 0.5) is 0 Å². The van der Waals surface area contributed by atoms with Crippen LogP contribution in [0.15, 0.2) is 24.3 Å². The van der Waals surface area contributed by atoms with Gasteiger partial charge in [-0.2, -0.15) is 0 Å². The number of benzene rings is 1. The summed E-state index contributed by atoms with van der Waals surface area (Å²) in [4.78, 5) is 14.7. The van der Waals surface area contributed by atoms with Crippen molar-refractivity contribution in [3.05, 3.63) is 46.8 Å². The third-order valence-corrected chi connectivity index (χ3v) is 1.79. The van der Waals surface area contributed by atoms with Crippen LogP contribution in [0.25, 0.3) is 4.85 Å². The molecule has 0 spiro atoms. The van der Waals surface area contributed by atoms with Crippen LogP contribution in [0.1, 0.15) is 22.8 Å². The highest BCUT2D eigenvalue weighted by Gasteiger charge is 2.04. The van der Waals surface area contributed by atoms with Gasteiger partial charge < -0.3 is 10.2 Å². The Balaban J connectivity index is 2.83. The largest absolute Gasteiger partial charge is 0.352 e. The molecule has 72 valence electrons. The molecule has 0 fully saturated rings. The summed E-state index contributed by atoms with van der Waals surface area (Å²) in [6.45, 7) is 9.54. The molecule has 3 heteroatoms. The molecule has 1 aromatic rings. The lowest BCUT2D eigenvalue weighted by atomic mass is 10.1. The van der Waals surface area contributed by atoms with Crippen LogP contribution in [0.2, 0.25) is 0 Å². The van der Waals surface area contributed by atoms with Crippen molar-refractivity contribution in [2.45, 2.75) is 13.5 Å². The number of carbonyl (C=O) groups is 1. The summed E-state index contributed by atoms with van der Waals surface area (Å²) in [7, 11) is 0. The highest BCUT2D eigenvalue weighted by Crippen LogP contribution is 2.06. The molecule has 1 N–H and O–H groups in total. The summed E-state index contributed by atoms with van der Waals surface area (Å²) in [5, 5.41) is 2.71. The number of hydrogen-bond acceptors (Lipinski definition) is 1. The molecule has 0 saturated heterocycles. The van der Waals surface area contributed by atoms with Crippen LogP contribution < -0.4 is 5.32 Å². The highest BCUT2D eigenvalue weighted by atomic mass is 16.1. The highest BCUT2D eigenvalue weighted by molar-refractivity contribution is 5.94. The number of amides is 1. The maximum atomic E-state index is 11.4. The lowest BCUT2D eigenvalue weighted by Gasteiger charge is -2.02. The van der Waals surface area contributed by atoms with Crippen molar-refractivity contribution in [3.63, 3.8) is 0 Å². The van der Waals surface area contributed by atoms with Crippen molar-refractivity contribution in [2.24, 2.45) is 0 Å². The second kappa shape index (κ2) is 5.03. The lowest BCUT2D eigenvalue weighted by Crippen LogP contribution is -2.22. The fourth-order valence-electron chi connectivity index (χ4n) is 1.16. The van der Waals surface area contributed by atoms with Crippen molar-refractivity contribution in [1.82, 2.24) is 5.32 Å². The molecule has 0 atom stereocenters. The van der Waals surface area contributed by atoms with Gasteiger partial charge in [-0.15, -0.1) is 0 Å². The predicted molar refractivity (Wildman–Crippen MR) is 54.8 cm³/mol. The van der Waals surface area contributed by atoms with Gasteiger partial charge in [0.05, 0.1) is 0 Å². The Hall–Kier alpha value is -1.82. The van der Waals surface area contributed by atoms with Crippen LogP contribution in [0, 0.1) is 6.57 Å². The van der Waals surface area contributed by atoms with E-state index >= 15 is 0 Å². The van der Waals surface area contributed by atoms with E-state index in [1.165, 1.54) is 0 Å².